The lowest BCUT2D eigenvalue weighted by atomic mass is 10.2. The second-order valence-corrected chi connectivity index (χ2v) is 4.45. The van der Waals surface area contributed by atoms with Crippen molar-refractivity contribution in [3.8, 4) is 0 Å². The van der Waals surface area contributed by atoms with Gasteiger partial charge in [-0.25, -0.2) is 0 Å². The van der Waals surface area contributed by atoms with Crippen LogP contribution < -0.4 is 5.32 Å². The van der Waals surface area contributed by atoms with Gasteiger partial charge in [0, 0.05) is 18.8 Å². The number of hydrogen-bond donors (Lipinski definition) is 1. The van der Waals surface area contributed by atoms with E-state index in [1.807, 2.05) is 10.9 Å². The topological polar surface area (TPSA) is 29.9 Å². The SMILES string of the molecule is Cc1cnn(CCCCCNC(C)C)c1. The van der Waals surface area contributed by atoms with Crippen LogP contribution in [0.25, 0.3) is 0 Å². The molecule has 0 aromatic carbocycles. The average Bonchev–Trinajstić information content (AvgIpc) is 2.57. The predicted octanol–water partition coefficient (Wildman–Crippen LogP) is 2.36. The molecule has 0 fully saturated rings. The molecule has 3 heteroatoms. The first-order chi connectivity index (χ1) is 7.18. The lowest BCUT2D eigenvalue weighted by Gasteiger charge is -2.07. The summed E-state index contributed by atoms with van der Waals surface area (Å²) in [5.41, 5.74) is 1.25. The summed E-state index contributed by atoms with van der Waals surface area (Å²) in [6.45, 7) is 8.64. The van der Waals surface area contributed by atoms with E-state index in [2.05, 4.69) is 37.4 Å². The van der Waals surface area contributed by atoms with Gasteiger partial charge in [-0.2, -0.15) is 5.10 Å². The number of aryl methyl sites for hydroxylation is 2. The molecule has 1 rings (SSSR count). The Kier molecular flexibility index (Phi) is 5.40. The summed E-state index contributed by atoms with van der Waals surface area (Å²) >= 11 is 0. The van der Waals surface area contributed by atoms with Crippen molar-refractivity contribution in [2.75, 3.05) is 6.54 Å². The highest BCUT2D eigenvalue weighted by Gasteiger charge is 1.95. The summed E-state index contributed by atoms with van der Waals surface area (Å²) < 4.78 is 2.03. The van der Waals surface area contributed by atoms with Crippen molar-refractivity contribution in [2.24, 2.45) is 0 Å². The van der Waals surface area contributed by atoms with Crippen LogP contribution in [0, 0.1) is 6.92 Å². The van der Waals surface area contributed by atoms with Crippen molar-refractivity contribution < 1.29 is 0 Å². The maximum atomic E-state index is 4.26. The van der Waals surface area contributed by atoms with Crippen LogP contribution in [0.15, 0.2) is 12.4 Å². The number of nitrogens with one attached hydrogen (secondary N) is 1. The van der Waals surface area contributed by atoms with Crippen LogP contribution in [0.5, 0.6) is 0 Å². The van der Waals surface area contributed by atoms with Crippen molar-refractivity contribution in [1.29, 1.82) is 0 Å². The number of rotatable bonds is 7. The first-order valence-corrected chi connectivity index (χ1v) is 5.91. The molecule has 0 saturated heterocycles. The summed E-state index contributed by atoms with van der Waals surface area (Å²) in [6, 6.07) is 0.610. The van der Waals surface area contributed by atoms with E-state index in [0.29, 0.717) is 6.04 Å². The molecule has 0 bridgehead atoms. The first kappa shape index (κ1) is 12.2. The molecule has 1 heterocycles. The van der Waals surface area contributed by atoms with Crippen LogP contribution >= 0.6 is 0 Å². The zero-order chi connectivity index (χ0) is 11.1. The van der Waals surface area contributed by atoms with Crippen LogP contribution in [0.3, 0.4) is 0 Å². The molecule has 0 aliphatic heterocycles. The maximum Gasteiger partial charge on any atom is 0.0518 e. The number of unbranched alkanes of at least 4 members (excludes halogenated alkanes) is 2. The Morgan fingerprint density at radius 1 is 1.33 bits per heavy atom. The molecule has 0 radical (unpaired) electrons. The van der Waals surface area contributed by atoms with E-state index in [4.69, 9.17) is 0 Å². The smallest absolute Gasteiger partial charge is 0.0518 e. The summed E-state index contributed by atoms with van der Waals surface area (Å²) in [6.07, 6.45) is 7.78. The van der Waals surface area contributed by atoms with E-state index in [9.17, 15) is 0 Å². The van der Waals surface area contributed by atoms with Crippen LogP contribution in [-0.4, -0.2) is 22.4 Å². The molecular formula is C12H23N3. The van der Waals surface area contributed by atoms with Crippen molar-refractivity contribution in [2.45, 2.75) is 52.6 Å². The second-order valence-electron chi connectivity index (χ2n) is 4.45. The zero-order valence-corrected chi connectivity index (χ0v) is 10.2. The van der Waals surface area contributed by atoms with Gasteiger partial charge in [-0.15, -0.1) is 0 Å². The minimum atomic E-state index is 0.610. The molecule has 1 aromatic heterocycles. The minimum absolute atomic E-state index is 0.610. The normalized spacial score (nSPS) is 11.2. The summed E-state index contributed by atoms with van der Waals surface area (Å²) in [7, 11) is 0. The average molecular weight is 209 g/mol. The highest BCUT2D eigenvalue weighted by atomic mass is 15.3. The van der Waals surface area contributed by atoms with Gasteiger partial charge in [-0.05, 0) is 31.9 Å². The molecule has 15 heavy (non-hydrogen) atoms. The van der Waals surface area contributed by atoms with E-state index < -0.39 is 0 Å². The first-order valence-electron chi connectivity index (χ1n) is 5.91. The third-order valence-electron chi connectivity index (χ3n) is 2.38. The molecule has 0 saturated carbocycles. The molecule has 3 nitrogen and oxygen atoms in total. The quantitative estimate of drug-likeness (QED) is 0.699. The van der Waals surface area contributed by atoms with E-state index >= 15 is 0 Å². The number of aromatic nitrogens is 2. The van der Waals surface area contributed by atoms with Crippen molar-refractivity contribution >= 4 is 0 Å². The van der Waals surface area contributed by atoms with E-state index in [1.54, 1.807) is 0 Å². The fourth-order valence-corrected chi connectivity index (χ4v) is 1.56. The fraction of sp³-hybridized carbons (Fsp3) is 0.750. The predicted molar refractivity (Wildman–Crippen MR) is 64.0 cm³/mol. The van der Waals surface area contributed by atoms with Gasteiger partial charge in [0.05, 0.1) is 6.20 Å². The van der Waals surface area contributed by atoms with Gasteiger partial charge < -0.3 is 5.32 Å². The standard InChI is InChI=1S/C12H23N3/c1-11(2)13-7-5-4-6-8-15-10-12(3)9-14-15/h9-11,13H,4-8H2,1-3H3. The lowest BCUT2D eigenvalue weighted by Crippen LogP contribution is -2.23. The van der Waals surface area contributed by atoms with Gasteiger partial charge in [0.25, 0.3) is 0 Å². The van der Waals surface area contributed by atoms with Crippen LogP contribution in [0.2, 0.25) is 0 Å². The Balaban J connectivity index is 1.98. The van der Waals surface area contributed by atoms with Gasteiger partial charge in [0.1, 0.15) is 0 Å². The fourth-order valence-electron chi connectivity index (χ4n) is 1.56. The Labute approximate surface area is 92.9 Å². The molecule has 0 spiro atoms. The monoisotopic (exact) mass is 209 g/mol. The number of nitrogens with zero attached hydrogens (tertiary/aromatic N) is 2. The van der Waals surface area contributed by atoms with Crippen molar-refractivity contribution in [3.05, 3.63) is 18.0 Å². The van der Waals surface area contributed by atoms with E-state index in [1.165, 1.54) is 24.8 Å². The third kappa shape index (κ3) is 5.57. The van der Waals surface area contributed by atoms with Crippen LogP contribution in [0.4, 0.5) is 0 Å². The minimum Gasteiger partial charge on any atom is -0.315 e. The number of hydrogen-bond acceptors (Lipinski definition) is 2. The van der Waals surface area contributed by atoms with E-state index in [0.717, 1.165) is 13.1 Å². The van der Waals surface area contributed by atoms with Gasteiger partial charge in [0.15, 0.2) is 0 Å². The molecule has 0 unspecified atom stereocenters. The van der Waals surface area contributed by atoms with Crippen molar-refractivity contribution in [3.63, 3.8) is 0 Å². The highest BCUT2D eigenvalue weighted by molar-refractivity contribution is 4.99. The molecule has 1 aromatic rings. The van der Waals surface area contributed by atoms with Gasteiger partial charge in [0.2, 0.25) is 0 Å². The lowest BCUT2D eigenvalue weighted by molar-refractivity contribution is 0.511. The largest absolute Gasteiger partial charge is 0.315 e. The van der Waals surface area contributed by atoms with Gasteiger partial charge in [-0.1, -0.05) is 20.3 Å². The molecule has 0 amide bonds. The third-order valence-corrected chi connectivity index (χ3v) is 2.38. The van der Waals surface area contributed by atoms with Crippen LogP contribution in [-0.2, 0) is 6.54 Å². The Bertz CT molecular complexity index is 266. The molecule has 86 valence electrons. The van der Waals surface area contributed by atoms with Crippen LogP contribution in [0.1, 0.15) is 38.7 Å². The van der Waals surface area contributed by atoms with Gasteiger partial charge >= 0.3 is 0 Å². The molecular weight excluding hydrogens is 186 g/mol. The van der Waals surface area contributed by atoms with E-state index in [-0.39, 0.29) is 0 Å². The van der Waals surface area contributed by atoms with Gasteiger partial charge in [-0.3, -0.25) is 4.68 Å². The molecule has 0 atom stereocenters. The Hall–Kier alpha value is -0.830. The molecule has 0 aliphatic carbocycles. The summed E-state index contributed by atoms with van der Waals surface area (Å²) in [4.78, 5) is 0. The Morgan fingerprint density at radius 2 is 2.13 bits per heavy atom. The summed E-state index contributed by atoms with van der Waals surface area (Å²) in [5, 5.41) is 7.69. The highest BCUT2D eigenvalue weighted by Crippen LogP contribution is 2.00. The molecule has 1 N–H and O–H groups in total. The second kappa shape index (κ2) is 6.62. The molecule has 0 aliphatic rings. The van der Waals surface area contributed by atoms with Crippen molar-refractivity contribution in [1.82, 2.24) is 15.1 Å². The maximum absolute atomic E-state index is 4.26. The Morgan fingerprint density at radius 3 is 2.73 bits per heavy atom. The zero-order valence-electron chi connectivity index (χ0n) is 10.2. The summed E-state index contributed by atoms with van der Waals surface area (Å²) in [5.74, 6) is 0.